The number of benzene rings is 3. The molecule has 3 heterocycles. The fourth-order valence-electron chi connectivity index (χ4n) is 5.63. The van der Waals surface area contributed by atoms with Gasteiger partial charge in [-0.05, 0) is 67.0 Å². The first kappa shape index (κ1) is 30.3. The summed E-state index contributed by atoms with van der Waals surface area (Å²) in [4.78, 5) is 24.7. The van der Waals surface area contributed by atoms with E-state index in [-0.39, 0.29) is 11.3 Å². The number of ether oxygens (including phenoxy) is 3. The number of amides is 1. The summed E-state index contributed by atoms with van der Waals surface area (Å²) in [5.41, 5.74) is 2.03. The Morgan fingerprint density at radius 1 is 0.956 bits per heavy atom. The van der Waals surface area contributed by atoms with Gasteiger partial charge < -0.3 is 19.5 Å². The monoisotopic (exact) mass is 608 g/mol. The summed E-state index contributed by atoms with van der Waals surface area (Å²) in [6.45, 7) is 9.99. The molecule has 234 valence electrons. The number of likely N-dealkylation sites (tertiary alicyclic amines) is 1. The van der Waals surface area contributed by atoms with Crippen molar-refractivity contribution in [3.63, 3.8) is 0 Å². The second-order valence-corrected chi connectivity index (χ2v) is 12.5. The number of nitrogens with one attached hydrogen (secondary N) is 1. The molecule has 0 radical (unpaired) electrons. The third kappa shape index (κ3) is 6.71. The van der Waals surface area contributed by atoms with Crippen LogP contribution in [0, 0.1) is 0 Å². The second kappa shape index (κ2) is 12.7. The Labute approximate surface area is 263 Å². The van der Waals surface area contributed by atoms with Crippen LogP contribution >= 0.6 is 0 Å². The van der Waals surface area contributed by atoms with Crippen LogP contribution in [0.1, 0.15) is 56.1 Å². The maximum atomic E-state index is 13.4. The fourth-order valence-corrected chi connectivity index (χ4v) is 5.63. The van der Waals surface area contributed by atoms with Crippen LogP contribution in [-0.2, 0) is 12.5 Å². The van der Waals surface area contributed by atoms with Gasteiger partial charge in [0.25, 0.3) is 5.91 Å². The molecule has 1 N–H and O–H groups in total. The number of hydrogen-bond acceptors (Lipinski definition) is 8. The number of methoxy groups -OCH3 is 1. The van der Waals surface area contributed by atoms with E-state index < -0.39 is 0 Å². The molecule has 1 fully saturated rings. The van der Waals surface area contributed by atoms with Gasteiger partial charge >= 0.3 is 0 Å². The first-order valence-corrected chi connectivity index (χ1v) is 15.4. The number of carbonyl (C=O) groups excluding carboxylic acids is 1. The average molecular weight is 609 g/mol. The van der Waals surface area contributed by atoms with Crippen molar-refractivity contribution >= 4 is 33.4 Å². The van der Waals surface area contributed by atoms with Crippen LogP contribution in [-0.4, -0.2) is 63.9 Å². The van der Waals surface area contributed by atoms with Crippen molar-refractivity contribution in [2.45, 2.75) is 45.4 Å². The number of carbonyl (C=O) groups is 1. The van der Waals surface area contributed by atoms with Gasteiger partial charge in [0.2, 0.25) is 5.88 Å². The molecule has 0 aliphatic carbocycles. The number of rotatable bonds is 9. The van der Waals surface area contributed by atoms with Gasteiger partial charge in [0.1, 0.15) is 24.5 Å². The number of nitrogens with zero attached hydrogens (tertiary/aromatic N) is 5. The van der Waals surface area contributed by atoms with E-state index in [1.165, 1.54) is 25.6 Å². The Bertz CT molecular complexity index is 1840. The van der Waals surface area contributed by atoms with E-state index >= 15 is 0 Å². The minimum Gasteiger partial charge on any atom is -0.493 e. The maximum Gasteiger partial charge on any atom is 0.257 e. The zero-order chi connectivity index (χ0) is 31.6. The summed E-state index contributed by atoms with van der Waals surface area (Å²) in [6.07, 6.45) is 5.28. The molecule has 5 aromatic rings. The van der Waals surface area contributed by atoms with E-state index in [4.69, 9.17) is 14.2 Å². The summed E-state index contributed by atoms with van der Waals surface area (Å²) in [6, 6.07) is 16.9. The third-order valence-electron chi connectivity index (χ3n) is 8.20. The van der Waals surface area contributed by atoms with Gasteiger partial charge in [-0.2, -0.15) is 5.10 Å². The first-order valence-electron chi connectivity index (χ1n) is 15.4. The van der Waals surface area contributed by atoms with Crippen molar-refractivity contribution in [3.8, 4) is 23.1 Å². The Balaban J connectivity index is 1.21. The van der Waals surface area contributed by atoms with Crippen molar-refractivity contribution in [1.29, 1.82) is 0 Å². The zero-order valence-electron chi connectivity index (χ0n) is 26.6. The number of hydrogen-bond donors (Lipinski definition) is 1. The lowest BCUT2D eigenvalue weighted by molar-refractivity contribution is 0.102. The van der Waals surface area contributed by atoms with Gasteiger partial charge in [0.05, 0.1) is 23.7 Å². The predicted molar refractivity (Wildman–Crippen MR) is 176 cm³/mol. The lowest BCUT2D eigenvalue weighted by atomic mass is 9.92. The van der Waals surface area contributed by atoms with E-state index in [0.29, 0.717) is 52.0 Å². The standard InChI is InChI=1S/C35H40N6O4/c1-35(2,3)31-21-32(40(4)39-31)38-33(42)26-11-9-10-23-18-24(12-13-25(23)26)45-34-27-19-29(43-5)30(20-28(27)36-22-37-34)44-17-16-41-14-7-6-8-15-41/h9-13,18-22H,6-8,14-17H2,1-5H3,(H,38,42). The lowest BCUT2D eigenvalue weighted by Gasteiger charge is -2.26. The van der Waals surface area contributed by atoms with Crippen LogP contribution in [0.3, 0.4) is 0 Å². The molecule has 3 aromatic carbocycles. The van der Waals surface area contributed by atoms with E-state index in [0.717, 1.165) is 36.1 Å². The molecule has 45 heavy (non-hydrogen) atoms. The Hall–Kier alpha value is -4.70. The number of piperidine rings is 1. The summed E-state index contributed by atoms with van der Waals surface area (Å²) >= 11 is 0. The molecule has 0 atom stereocenters. The summed E-state index contributed by atoms with van der Waals surface area (Å²) in [5.74, 6) is 2.66. The molecule has 10 heteroatoms. The van der Waals surface area contributed by atoms with Crippen LogP contribution in [0.4, 0.5) is 5.82 Å². The maximum absolute atomic E-state index is 13.4. The number of aryl methyl sites for hydroxylation is 1. The highest BCUT2D eigenvalue weighted by Crippen LogP contribution is 2.37. The lowest BCUT2D eigenvalue weighted by Crippen LogP contribution is -2.33. The molecule has 1 amide bonds. The molecule has 0 spiro atoms. The van der Waals surface area contributed by atoms with Gasteiger partial charge in [-0.15, -0.1) is 0 Å². The molecule has 1 aliphatic rings. The highest BCUT2D eigenvalue weighted by Gasteiger charge is 2.21. The fraction of sp³-hybridized carbons (Fsp3) is 0.371. The first-order chi connectivity index (χ1) is 21.7. The summed E-state index contributed by atoms with van der Waals surface area (Å²) in [5, 5.41) is 9.96. The highest BCUT2D eigenvalue weighted by molar-refractivity contribution is 6.12. The normalized spacial score (nSPS) is 14.1. The second-order valence-electron chi connectivity index (χ2n) is 12.5. The van der Waals surface area contributed by atoms with E-state index in [1.807, 2.05) is 61.6 Å². The Morgan fingerprint density at radius 3 is 2.53 bits per heavy atom. The van der Waals surface area contributed by atoms with Gasteiger partial charge in [-0.1, -0.05) is 39.3 Å². The average Bonchev–Trinajstić information content (AvgIpc) is 3.41. The largest absolute Gasteiger partial charge is 0.493 e. The number of aromatic nitrogens is 4. The van der Waals surface area contributed by atoms with Crippen molar-refractivity contribution in [3.05, 3.63) is 72.2 Å². The molecule has 6 rings (SSSR count). The molecule has 0 unspecified atom stereocenters. The van der Waals surface area contributed by atoms with Crippen molar-refractivity contribution < 1.29 is 19.0 Å². The molecule has 0 saturated carbocycles. The summed E-state index contributed by atoms with van der Waals surface area (Å²) in [7, 11) is 3.45. The predicted octanol–water partition coefficient (Wildman–Crippen LogP) is 6.73. The van der Waals surface area contributed by atoms with E-state index in [1.54, 1.807) is 11.8 Å². The van der Waals surface area contributed by atoms with Gasteiger partial charge in [0, 0.05) is 36.7 Å². The van der Waals surface area contributed by atoms with Crippen LogP contribution in [0.2, 0.25) is 0 Å². The minimum atomic E-state index is -0.208. The zero-order valence-corrected chi connectivity index (χ0v) is 26.6. The molecule has 10 nitrogen and oxygen atoms in total. The van der Waals surface area contributed by atoms with E-state index in [2.05, 4.69) is 46.1 Å². The smallest absolute Gasteiger partial charge is 0.257 e. The number of fused-ring (bicyclic) bond motifs is 2. The number of anilines is 1. The molecule has 0 bridgehead atoms. The van der Waals surface area contributed by atoms with Gasteiger partial charge in [-0.3, -0.25) is 14.4 Å². The van der Waals surface area contributed by atoms with Gasteiger partial charge in [0.15, 0.2) is 11.5 Å². The summed E-state index contributed by atoms with van der Waals surface area (Å²) < 4.78 is 19.8. The molecular formula is C35H40N6O4. The molecule has 1 saturated heterocycles. The van der Waals surface area contributed by atoms with Crippen molar-refractivity contribution in [2.24, 2.45) is 7.05 Å². The minimum absolute atomic E-state index is 0.126. The van der Waals surface area contributed by atoms with Crippen LogP contribution in [0.25, 0.3) is 21.7 Å². The van der Waals surface area contributed by atoms with Crippen LogP contribution < -0.4 is 19.5 Å². The Kier molecular flexibility index (Phi) is 8.58. The highest BCUT2D eigenvalue weighted by atomic mass is 16.5. The molecule has 2 aromatic heterocycles. The quantitative estimate of drug-likeness (QED) is 0.196. The van der Waals surface area contributed by atoms with Crippen molar-refractivity contribution in [1.82, 2.24) is 24.6 Å². The SMILES string of the molecule is COc1cc2c(Oc3ccc4c(C(=O)Nc5cc(C(C)(C)C)nn5C)cccc4c3)ncnc2cc1OCCN1CCCCC1. The third-order valence-corrected chi connectivity index (χ3v) is 8.20. The topological polar surface area (TPSA) is 104 Å². The van der Waals surface area contributed by atoms with Crippen LogP contribution in [0.15, 0.2) is 60.9 Å². The molecule has 1 aliphatic heterocycles. The van der Waals surface area contributed by atoms with Gasteiger partial charge in [-0.25, -0.2) is 9.97 Å². The Morgan fingerprint density at radius 2 is 1.78 bits per heavy atom. The van der Waals surface area contributed by atoms with Crippen molar-refractivity contribution in [2.75, 3.05) is 38.7 Å². The van der Waals surface area contributed by atoms with E-state index in [9.17, 15) is 4.79 Å². The molecular weight excluding hydrogens is 568 g/mol. The van der Waals surface area contributed by atoms with Crippen LogP contribution in [0.5, 0.6) is 23.1 Å².